The van der Waals surface area contributed by atoms with Gasteiger partial charge >= 0.3 is 11.9 Å². The second kappa shape index (κ2) is 12.3. The Morgan fingerprint density at radius 1 is 1.06 bits per heavy atom. The first-order chi connectivity index (χ1) is 15.0. The summed E-state index contributed by atoms with van der Waals surface area (Å²) in [5, 5.41) is 42.9. The highest BCUT2D eigenvalue weighted by Crippen LogP contribution is 2.02. The first kappa shape index (κ1) is 26.5. The molecule has 5 unspecified atom stereocenters. The summed E-state index contributed by atoms with van der Waals surface area (Å²) in [6.07, 6.45) is 0.418. The van der Waals surface area contributed by atoms with E-state index < -0.39 is 73.0 Å². The minimum Gasteiger partial charge on any atom is -0.481 e. The number of carboxylic acid groups (broad SMARTS) is 2. The molecule has 0 aliphatic carbocycles. The number of H-pyrrole nitrogens is 1. The van der Waals surface area contributed by atoms with Crippen molar-refractivity contribution >= 4 is 29.7 Å². The van der Waals surface area contributed by atoms with Gasteiger partial charge in [0.15, 0.2) is 0 Å². The van der Waals surface area contributed by atoms with Crippen molar-refractivity contribution in [3.8, 4) is 0 Å². The van der Waals surface area contributed by atoms with Crippen molar-refractivity contribution < 1.29 is 44.4 Å². The number of carbonyl (C=O) groups is 5. The number of aromatic amines is 1. The van der Waals surface area contributed by atoms with E-state index in [9.17, 15) is 29.1 Å². The number of hydrogen-bond donors (Lipinski definition) is 9. The summed E-state index contributed by atoms with van der Waals surface area (Å²) in [7, 11) is 0. The van der Waals surface area contributed by atoms with Gasteiger partial charge in [-0.2, -0.15) is 0 Å². The molecule has 0 aromatic carbocycles. The Bertz CT molecular complexity index is 813. The lowest BCUT2D eigenvalue weighted by Crippen LogP contribution is -2.60. The second-order valence-electron chi connectivity index (χ2n) is 6.86. The van der Waals surface area contributed by atoms with E-state index in [0.717, 1.165) is 6.92 Å². The maximum absolute atomic E-state index is 12.6. The van der Waals surface area contributed by atoms with Crippen LogP contribution >= 0.6 is 0 Å². The quantitative estimate of drug-likeness (QED) is 0.136. The van der Waals surface area contributed by atoms with Gasteiger partial charge in [0.25, 0.3) is 0 Å². The SMILES string of the molecule is CC(O)C(NC(=O)C(CC(=O)O)NC(=O)C(N)Cc1cnc[nH]1)C(=O)NC(CO)C(=O)O. The number of hydrogen-bond acceptors (Lipinski definition) is 9. The molecule has 1 aromatic heterocycles. The van der Waals surface area contributed by atoms with Crippen LogP contribution in [0.15, 0.2) is 12.5 Å². The molecule has 178 valence electrons. The van der Waals surface area contributed by atoms with Gasteiger partial charge < -0.3 is 47.1 Å². The van der Waals surface area contributed by atoms with Crippen LogP contribution in [0.4, 0.5) is 0 Å². The molecule has 3 amide bonds. The summed E-state index contributed by atoms with van der Waals surface area (Å²) >= 11 is 0. The third-order valence-electron chi connectivity index (χ3n) is 4.20. The van der Waals surface area contributed by atoms with E-state index in [-0.39, 0.29) is 6.42 Å². The Labute approximate surface area is 181 Å². The van der Waals surface area contributed by atoms with E-state index in [2.05, 4.69) is 20.6 Å². The first-order valence-corrected chi connectivity index (χ1v) is 9.33. The molecule has 1 rings (SSSR count). The fraction of sp³-hybridized carbons (Fsp3) is 0.529. The molecule has 0 spiro atoms. The average Bonchev–Trinajstić information content (AvgIpc) is 3.21. The van der Waals surface area contributed by atoms with Crippen LogP contribution in [0.1, 0.15) is 19.0 Å². The molecule has 5 atom stereocenters. The number of carboxylic acids is 2. The van der Waals surface area contributed by atoms with Crippen LogP contribution < -0.4 is 21.7 Å². The van der Waals surface area contributed by atoms with Crippen molar-refractivity contribution in [1.82, 2.24) is 25.9 Å². The highest BCUT2D eigenvalue weighted by atomic mass is 16.4. The van der Waals surface area contributed by atoms with Crippen LogP contribution in [0.2, 0.25) is 0 Å². The number of nitrogens with two attached hydrogens (primary N) is 1. The monoisotopic (exact) mass is 458 g/mol. The number of carbonyl (C=O) groups excluding carboxylic acids is 3. The van der Waals surface area contributed by atoms with Gasteiger partial charge in [0.2, 0.25) is 17.7 Å². The molecule has 0 bridgehead atoms. The first-order valence-electron chi connectivity index (χ1n) is 9.33. The zero-order chi connectivity index (χ0) is 24.4. The predicted molar refractivity (Wildman–Crippen MR) is 105 cm³/mol. The molecule has 0 aliphatic rings. The summed E-state index contributed by atoms with van der Waals surface area (Å²) in [5.74, 6) is -6.14. The third-order valence-corrected chi connectivity index (χ3v) is 4.20. The van der Waals surface area contributed by atoms with Crippen LogP contribution in [-0.4, -0.2) is 96.9 Å². The number of aliphatic hydroxyl groups excluding tert-OH is 2. The van der Waals surface area contributed by atoms with Crippen molar-refractivity contribution in [3.05, 3.63) is 18.2 Å². The zero-order valence-electron chi connectivity index (χ0n) is 17.0. The zero-order valence-corrected chi connectivity index (χ0v) is 17.0. The largest absolute Gasteiger partial charge is 0.481 e. The van der Waals surface area contributed by atoms with Crippen LogP contribution in [0.3, 0.4) is 0 Å². The fourth-order valence-electron chi connectivity index (χ4n) is 2.49. The van der Waals surface area contributed by atoms with E-state index >= 15 is 0 Å². The fourth-order valence-corrected chi connectivity index (χ4v) is 2.49. The molecule has 1 aromatic rings. The molecular weight excluding hydrogens is 432 g/mol. The van der Waals surface area contributed by atoms with E-state index in [1.165, 1.54) is 12.5 Å². The van der Waals surface area contributed by atoms with Gasteiger partial charge in [-0.3, -0.25) is 19.2 Å². The average molecular weight is 458 g/mol. The second-order valence-corrected chi connectivity index (χ2v) is 6.86. The number of rotatable bonds is 13. The number of nitrogens with zero attached hydrogens (tertiary/aromatic N) is 1. The van der Waals surface area contributed by atoms with Crippen molar-refractivity contribution in [1.29, 1.82) is 0 Å². The van der Waals surface area contributed by atoms with Gasteiger partial charge in [0.05, 0.1) is 31.5 Å². The Balaban J connectivity index is 2.89. The van der Waals surface area contributed by atoms with Crippen molar-refractivity contribution in [3.63, 3.8) is 0 Å². The number of aromatic nitrogens is 2. The van der Waals surface area contributed by atoms with Gasteiger partial charge in [-0.05, 0) is 6.92 Å². The maximum Gasteiger partial charge on any atom is 0.328 e. The minimum atomic E-state index is -1.71. The Morgan fingerprint density at radius 3 is 2.16 bits per heavy atom. The lowest BCUT2D eigenvalue weighted by molar-refractivity contribution is -0.144. The van der Waals surface area contributed by atoms with Crippen LogP contribution in [-0.2, 0) is 30.4 Å². The molecule has 10 N–H and O–H groups in total. The summed E-state index contributed by atoms with van der Waals surface area (Å²) in [6, 6.07) is -6.22. The number of aliphatic carboxylic acids is 2. The smallest absolute Gasteiger partial charge is 0.328 e. The van der Waals surface area contributed by atoms with Gasteiger partial charge in [-0.1, -0.05) is 0 Å². The third kappa shape index (κ3) is 8.29. The van der Waals surface area contributed by atoms with Gasteiger partial charge in [-0.15, -0.1) is 0 Å². The molecule has 15 heteroatoms. The normalized spacial score (nSPS) is 15.5. The van der Waals surface area contributed by atoms with Crippen LogP contribution in [0.25, 0.3) is 0 Å². The van der Waals surface area contributed by atoms with E-state index in [1.807, 2.05) is 5.32 Å². The summed E-state index contributed by atoms with van der Waals surface area (Å²) in [5.41, 5.74) is 6.28. The van der Waals surface area contributed by atoms with Gasteiger partial charge in [0.1, 0.15) is 18.1 Å². The highest BCUT2D eigenvalue weighted by molar-refractivity contribution is 5.95. The molecule has 0 saturated carbocycles. The van der Waals surface area contributed by atoms with E-state index in [4.69, 9.17) is 21.1 Å². The maximum atomic E-state index is 12.6. The number of amides is 3. The molecular formula is C17H26N6O9. The lowest BCUT2D eigenvalue weighted by Gasteiger charge is -2.25. The Hall–Kier alpha value is -3.56. The van der Waals surface area contributed by atoms with E-state index in [1.54, 1.807) is 0 Å². The standard InChI is InChI=1S/C17H26N6O9/c1-7(25)13(16(30)22-11(5-24)17(31)32)23-15(29)10(3-12(26)27)21-14(28)9(18)2-8-4-19-6-20-8/h4,6-7,9-11,13,24-25H,2-3,5,18H2,1H3,(H,19,20)(H,21,28)(H,22,30)(H,23,29)(H,26,27)(H,31,32). The van der Waals surface area contributed by atoms with Crippen molar-refractivity contribution in [2.75, 3.05) is 6.61 Å². The van der Waals surface area contributed by atoms with Crippen molar-refractivity contribution in [2.45, 2.75) is 50.0 Å². The molecule has 0 saturated heterocycles. The number of imidazole rings is 1. The summed E-state index contributed by atoms with van der Waals surface area (Å²) in [4.78, 5) is 65.7. The van der Waals surface area contributed by atoms with Crippen molar-refractivity contribution in [2.24, 2.45) is 5.73 Å². The number of aliphatic hydroxyl groups is 2. The summed E-state index contributed by atoms with van der Waals surface area (Å²) < 4.78 is 0. The lowest BCUT2D eigenvalue weighted by atomic mass is 10.1. The van der Waals surface area contributed by atoms with E-state index in [0.29, 0.717) is 5.69 Å². The predicted octanol–water partition coefficient (Wildman–Crippen LogP) is -4.33. The molecule has 0 fully saturated rings. The van der Waals surface area contributed by atoms with Crippen LogP contribution in [0, 0.1) is 0 Å². The number of nitrogens with one attached hydrogen (secondary N) is 4. The molecule has 1 heterocycles. The molecule has 32 heavy (non-hydrogen) atoms. The Morgan fingerprint density at radius 2 is 1.69 bits per heavy atom. The van der Waals surface area contributed by atoms with Crippen LogP contribution in [0.5, 0.6) is 0 Å². The molecule has 15 nitrogen and oxygen atoms in total. The highest BCUT2D eigenvalue weighted by Gasteiger charge is 2.33. The Kier molecular flexibility index (Phi) is 10.2. The topological polar surface area (TPSA) is 257 Å². The molecule has 0 radical (unpaired) electrons. The van der Waals surface area contributed by atoms with Gasteiger partial charge in [0, 0.05) is 18.3 Å². The minimum absolute atomic E-state index is 0.0175. The molecule has 0 aliphatic heterocycles. The summed E-state index contributed by atoms with van der Waals surface area (Å²) in [6.45, 7) is 0.164. The van der Waals surface area contributed by atoms with Gasteiger partial charge in [-0.25, -0.2) is 9.78 Å².